The van der Waals surface area contributed by atoms with E-state index < -0.39 is 6.09 Å². The first-order valence-corrected chi connectivity index (χ1v) is 9.00. The van der Waals surface area contributed by atoms with Gasteiger partial charge in [-0.2, -0.15) is 0 Å². The van der Waals surface area contributed by atoms with Gasteiger partial charge in [0.25, 0.3) is 0 Å². The number of amides is 1. The highest BCUT2D eigenvalue weighted by molar-refractivity contribution is 5.78. The number of ether oxygens (including phenoxy) is 1. The first-order chi connectivity index (χ1) is 13.2. The smallest absolute Gasteiger partial charge is 0.408 e. The van der Waals surface area contributed by atoms with Gasteiger partial charge in [-0.1, -0.05) is 60.7 Å². The van der Waals surface area contributed by atoms with Crippen LogP contribution in [0, 0.1) is 0 Å². The molecule has 0 bridgehead atoms. The zero-order valence-corrected chi connectivity index (χ0v) is 15.0. The molecule has 0 aliphatic carbocycles. The third kappa shape index (κ3) is 3.83. The lowest BCUT2D eigenvalue weighted by molar-refractivity contribution is 0.210. The molecule has 136 valence electrons. The summed E-state index contributed by atoms with van der Waals surface area (Å²) in [5.74, 6) is 0.420. The number of pyridine rings is 1. The summed E-state index contributed by atoms with van der Waals surface area (Å²) in [6, 6.07) is 20.4. The van der Waals surface area contributed by atoms with Crippen LogP contribution in [-0.2, 0) is 19.5 Å². The Hall–Kier alpha value is -3.18. The van der Waals surface area contributed by atoms with Crippen LogP contribution in [0.1, 0.15) is 16.8 Å². The van der Waals surface area contributed by atoms with Crippen LogP contribution in [0.5, 0.6) is 5.75 Å². The fourth-order valence-corrected chi connectivity index (χ4v) is 3.62. The predicted octanol–water partition coefficient (Wildman–Crippen LogP) is 3.76. The first-order valence-electron chi connectivity index (χ1n) is 9.00. The lowest BCUT2D eigenvalue weighted by atomic mass is 9.93. The summed E-state index contributed by atoms with van der Waals surface area (Å²) in [7, 11) is 0. The molecule has 1 aliphatic rings. The number of hydrogen-bond acceptors (Lipinski definition) is 4. The Balaban J connectivity index is 1.68. The average Bonchev–Trinajstić information content (AvgIpc) is 2.69. The summed E-state index contributed by atoms with van der Waals surface area (Å²) in [4.78, 5) is 18.3. The lowest BCUT2D eigenvalue weighted by Crippen LogP contribution is -2.31. The van der Waals surface area contributed by atoms with E-state index in [0.29, 0.717) is 5.75 Å². The van der Waals surface area contributed by atoms with Crippen molar-refractivity contribution < 1.29 is 9.53 Å². The van der Waals surface area contributed by atoms with Gasteiger partial charge in [-0.3, -0.25) is 9.88 Å². The second-order valence-electron chi connectivity index (χ2n) is 6.66. The summed E-state index contributed by atoms with van der Waals surface area (Å²) in [6.45, 7) is 2.58. The second kappa shape index (κ2) is 7.60. The van der Waals surface area contributed by atoms with Crippen molar-refractivity contribution in [3.05, 3.63) is 83.7 Å². The number of fused-ring (bicyclic) bond motifs is 1. The molecule has 0 radical (unpaired) electrons. The highest BCUT2D eigenvalue weighted by Crippen LogP contribution is 2.37. The van der Waals surface area contributed by atoms with Gasteiger partial charge in [0.15, 0.2) is 5.75 Å². The molecule has 2 heterocycles. The molecule has 0 unspecified atom stereocenters. The van der Waals surface area contributed by atoms with Gasteiger partial charge in [-0.05, 0) is 23.1 Å². The third-order valence-corrected chi connectivity index (χ3v) is 4.81. The molecule has 2 N–H and O–H groups in total. The number of primary amides is 1. The molecule has 2 aromatic carbocycles. The Bertz CT molecular complexity index is 943. The van der Waals surface area contributed by atoms with Crippen molar-refractivity contribution in [3.63, 3.8) is 0 Å². The number of nitrogens with zero attached hydrogens (tertiary/aromatic N) is 2. The van der Waals surface area contributed by atoms with Gasteiger partial charge in [0.2, 0.25) is 0 Å². The quantitative estimate of drug-likeness (QED) is 0.770. The number of carbonyl (C=O) groups excluding carboxylic acids is 1. The fourth-order valence-electron chi connectivity index (χ4n) is 3.62. The summed E-state index contributed by atoms with van der Waals surface area (Å²) in [5, 5.41) is 0. The van der Waals surface area contributed by atoms with E-state index >= 15 is 0 Å². The minimum Gasteiger partial charge on any atom is -0.408 e. The predicted molar refractivity (Wildman–Crippen MR) is 104 cm³/mol. The number of carbonyl (C=O) groups is 1. The number of nitrogens with two attached hydrogens (primary N) is 1. The summed E-state index contributed by atoms with van der Waals surface area (Å²) >= 11 is 0. The van der Waals surface area contributed by atoms with Crippen LogP contribution in [0.4, 0.5) is 4.79 Å². The minimum atomic E-state index is -0.824. The number of rotatable bonds is 4. The molecule has 27 heavy (non-hydrogen) atoms. The molecule has 5 nitrogen and oxygen atoms in total. The van der Waals surface area contributed by atoms with Gasteiger partial charge < -0.3 is 10.5 Å². The van der Waals surface area contributed by atoms with E-state index in [1.807, 2.05) is 36.4 Å². The third-order valence-electron chi connectivity index (χ3n) is 4.81. The van der Waals surface area contributed by atoms with E-state index in [9.17, 15) is 4.79 Å². The van der Waals surface area contributed by atoms with Crippen LogP contribution in [0.15, 0.2) is 66.9 Å². The minimum absolute atomic E-state index is 0.420. The molecule has 1 amide bonds. The van der Waals surface area contributed by atoms with Crippen molar-refractivity contribution in [1.29, 1.82) is 0 Å². The lowest BCUT2D eigenvalue weighted by Gasteiger charge is -2.30. The summed E-state index contributed by atoms with van der Waals surface area (Å²) < 4.78 is 5.25. The van der Waals surface area contributed by atoms with Crippen LogP contribution in [-0.4, -0.2) is 22.5 Å². The summed E-state index contributed by atoms with van der Waals surface area (Å²) in [6.07, 6.45) is 1.63. The van der Waals surface area contributed by atoms with Crippen molar-refractivity contribution in [1.82, 2.24) is 9.88 Å². The number of aromatic nitrogens is 1. The van der Waals surface area contributed by atoms with Gasteiger partial charge in [-0.15, -0.1) is 0 Å². The highest BCUT2D eigenvalue weighted by Gasteiger charge is 2.24. The molecule has 0 spiro atoms. The number of benzene rings is 2. The first kappa shape index (κ1) is 17.2. The van der Waals surface area contributed by atoms with Crippen LogP contribution >= 0.6 is 0 Å². The Morgan fingerprint density at radius 3 is 2.48 bits per heavy atom. The molecule has 1 aromatic heterocycles. The molecule has 4 rings (SSSR count). The van der Waals surface area contributed by atoms with Crippen LogP contribution in [0.2, 0.25) is 0 Å². The molecule has 0 fully saturated rings. The Morgan fingerprint density at radius 1 is 1.07 bits per heavy atom. The van der Waals surface area contributed by atoms with Crippen molar-refractivity contribution in [2.45, 2.75) is 19.5 Å². The molecule has 0 saturated carbocycles. The van der Waals surface area contributed by atoms with Gasteiger partial charge in [0.05, 0.1) is 11.9 Å². The van der Waals surface area contributed by atoms with Gasteiger partial charge in [0, 0.05) is 25.2 Å². The molecular weight excluding hydrogens is 338 g/mol. The van der Waals surface area contributed by atoms with E-state index in [1.165, 1.54) is 5.56 Å². The standard InChI is InChI=1S/C22H21N3O2/c23-22(26)27-20-13-24-19-15-25(14-16-7-3-1-4-8-16)12-11-18(19)21(20)17-9-5-2-6-10-17/h1-10,13H,11-12,14-15H2,(H2,23,26). The summed E-state index contributed by atoms with van der Waals surface area (Å²) in [5.41, 5.74) is 10.6. The van der Waals surface area contributed by atoms with Crippen molar-refractivity contribution in [2.24, 2.45) is 5.73 Å². The Labute approximate surface area is 158 Å². The van der Waals surface area contributed by atoms with E-state index in [0.717, 1.165) is 48.4 Å². The average molecular weight is 359 g/mol. The van der Waals surface area contributed by atoms with Crippen molar-refractivity contribution in [2.75, 3.05) is 6.54 Å². The van der Waals surface area contributed by atoms with Gasteiger partial charge in [-0.25, -0.2) is 4.79 Å². The maximum absolute atomic E-state index is 11.3. The van der Waals surface area contributed by atoms with Crippen molar-refractivity contribution in [3.8, 4) is 16.9 Å². The van der Waals surface area contributed by atoms with Gasteiger partial charge in [0.1, 0.15) is 0 Å². The fraction of sp³-hybridized carbons (Fsp3) is 0.182. The zero-order chi connectivity index (χ0) is 18.6. The van der Waals surface area contributed by atoms with Gasteiger partial charge >= 0.3 is 6.09 Å². The molecule has 0 atom stereocenters. The number of hydrogen-bond donors (Lipinski definition) is 1. The van der Waals surface area contributed by atoms with E-state index in [1.54, 1.807) is 6.20 Å². The molecular formula is C22H21N3O2. The Morgan fingerprint density at radius 2 is 1.78 bits per heavy atom. The SMILES string of the molecule is NC(=O)Oc1cnc2c(c1-c1ccccc1)CCN(Cc1ccccc1)C2. The maximum atomic E-state index is 11.3. The normalized spacial score (nSPS) is 13.8. The van der Waals surface area contributed by atoms with E-state index in [2.05, 4.69) is 34.1 Å². The van der Waals surface area contributed by atoms with E-state index in [-0.39, 0.29) is 0 Å². The highest BCUT2D eigenvalue weighted by atomic mass is 16.5. The van der Waals surface area contributed by atoms with Crippen LogP contribution in [0.3, 0.4) is 0 Å². The van der Waals surface area contributed by atoms with Crippen molar-refractivity contribution >= 4 is 6.09 Å². The molecule has 1 aliphatic heterocycles. The van der Waals surface area contributed by atoms with Crippen LogP contribution < -0.4 is 10.5 Å². The van der Waals surface area contributed by atoms with E-state index in [4.69, 9.17) is 10.5 Å². The second-order valence-corrected chi connectivity index (χ2v) is 6.66. The maximum Gasteiger partial charge on any atom is 0.410 e. The molecule has 0 saturated heterocycles. The monoisotopic (exact) mass is 359 g/mol. The van der Waals surface area contributed by atoms with Crippen LogP contribution in [0.25, 0.3) is 11.1 Å². The molecule has 5 heteroatoms. The zero-order valence-electron chi connectivity index (χ0n) is 15.0. The topological polar surface area (TPSA) is 68.5 Å². The molecule has 3 aromatic rings. The Kier molecular flexibility index (Phi) is 4.85. The largest absolute Gasteiger partial charge is 0.410 e.